The Balaban J connectivity index is 1.52. The number of aromatic nitrogens is 1. The average molecular weight is 488 g/mol. The summed E-state index contributed by atoms with van der Waals surface area (Å²) in [5.41, 5.74) is 1.30. The highest BCUT2D eigenvalue weighted by atomic mass is 16.5. The standard InChI is InChI=1S/C28H29N3O5/c1-5-19-15-18-8-6-7-9-21(18)27(29-19)30-20-12-10-17(11-13-20)14-22(28(34)35-4)31-23-24(32)25(33)26(23)36-16(2)3/h6-13,15-16,22,31H,5,14H2,1-4H3,(H,29,30)/t22-/m0/s1. The summed E-state index contributed by atoms with van der Waals surface area (Å²) < 4.78 is 10.4. The van der Waals surface area contributed by atoms with E-state index in [0.717, 1.165) is 40.0 Å². The van der Waals surface area contributed by atoms with Gasteiger partial charge in [0.2, 0.25) is 0 Å². The molecule has 8 nitrogen and oxygen atoms in total. The number of pyridine rings is 1. The third-order valence-electron chi connectivity index (χ3n) is 5.84. The van der Waals surface area contributed by atoms with Crippen LogP contribution in [0.15, 0.2) is 64.2 Å². The molecule has 36 heavy (non-hydrogen) atoms. The molecule has 0 saturated carbocycles. The summed E-state index contributed by atoms with van der Waals surface area (Å²) in [6, 6.07) is 16.9. The minimum absolute atomic E-state index is 0.0103. The minimum atomic E-state index is -0.863. The molecule has 0 aliphatic carbocycles. The normalized spacial score (nSPS) is 12.0. The van der Waals surface area contributed by atoms with Gasteiger partial charge in [0.15, 0.2) is 5.75 Å². The fourth-order valence-corrected chi connectivity index (χ4v) is 3.99. The molecule has 0 spiro atoms. The number of carbonyl (C=O) groups excluding carboxylic acids is 1. The Hall–Kier alpha value is -4.20. The zero-order chi connectivity index (χ0) is 25.8. The molecule has 0 fully saturated rings. The highest BCUT2D eigenvalue weighted by Crippen LogP contribution is 2.27. The van der Waals surface area contributed by atoms with Gasteiger partial charge in [0.25, 0.3) is 10.9 Å². The smallest absolute Gasteiger partial charge is 0.328 e. The number of methoxy groups -OCH3 is 1. The van der Waals surface area contributed by atoms with Crippen LogP contribution in [0.25, 0.3) is 10.8 Å². The number of nitrogens with one attached hydrogen (secondary N) is 2. The van der Waals surface area contributed by atoms with Crippen LogP contribution in [0.2, 0.25) is 0 Å². The van der Waals surface area contributed by atoms with Gasteiger partial charge in [-0.1, -0.05) is 43.3 Å². The van der Waals surface area contributed by atoms with Crippen molar-refractivity contribution in [2.45, 2.75) is 45.8 Å². The first kappa shape index (κ1) is 24.9. The van der Waals surface area contributed by atoms with Crippen LogP contribution >= 0.6 is 0 Å². The van der Waals surface area contributed by atoms with E-state index in [9.17, 15) is 14.4 Å². The van der Waals surface area contributed by atoms with Crippen LogP contribution in [0.3, 0.4) is 0 Å². The maximum Gasteiger partial charge on any atom is 0.328 e. The van der Waals surface area contributed by atoms with Gasteiger partial charge in [-0.25, -0.2) is 9.78 Å². The van der Waals surface area contributed by atoms with Gasteiger partial charge in [-0.05, 0) is 49.4 Å². The number of fused-ring (bicyclic) bond motifs is 1. The van der Waals surface area contributed by atoms with Crippen LogP contribution in [0, 0.1) is 0 Å². The zero-order valence-electron chi connectivity index (χ0n) is 20.8. The fraction of sp³-hybridized carbons (Fsp3) is 0.286. The molecule has 2 N–H and O–H groups in total. The molecule has 0 saturated heterocycles. The summed E-state index contributed by atoms with van der Waals surface area (Å²) in [6.07, 6.45) is 0.795. The number of rotatable bonds is 10. The number of esters is 1. The Morgan fingerprint density at radius 1 is 1.03 bits per heavy atom. The average Bonchev–Trinajstić information content (AvgIpc) is 2.89. The fourth-order valence-electron chi connectivity index (χ4n) is 3.99. The Morgan fingerprint density at radius 2 is 1.75 bits per heavy atom. The van der Waals surface area contributed by atoms with E-state index in [2.05, 4.69) is 29.7 Å². The molecule has 0 amide bonds. The van der Waals surface area contributed by atoms with Crippen LogP contribution < -0.4 is 26.2 Å². The van der Waals surface area contributed by atoms with E-state index < -0.39 is 22.9 Å². The largest absolute Gasteiger partial charge is 0.485 e. The van der Waals surface area contributed by atoms with Crippen LogP contribution in [0.4, 0.5) is 17.2 Å². The van der Waals surface area contributed by atoms with E-state index >= 15 is 0 Å². The number of anilines is 3. The first-order chi connectivity index (χ1) is 17.3. The number of carbonyl (C=O) groups is 1. The molecule has 1 aromatic heterocycles. The third kappa shape index (κ3) is 5.22. The van der Waals surface area contributed by atoms with Gasteiger partial charge in [0, 0.05) is 23.2 Å². The lowest BCUT2D eigenvalue weighted by Gasteiger charge is -2.21. The lowest BCUT2D eigenvalue weighted by molar-refractivity contribution is -0.141. The van der Waals surface area contributed by atoms with Gasteiger partial charge in [-0.2, -0.15) is 0 Å². The van der Waals surface area contributed by atoms with Gasteiger partial charge in [-0.15, -0.1) is 0 Å². The van der Waals surface area contributed by atoms with E-state index in [-0.39, 0.29) is 24.0 Å². The summed E-state index contributed by atoms with van der Waals surface area (Å²) >= 11 is 0. The molecule has 0 radical (unpaired) electrons. The number of hydrogen-bond donors (Lipinski definition) is 2. The topological polar surface area (TPSA) is 107 Å². The summed E-state index contributed by atoms with van der Waals surface area (Å²) in [4.78, 5) is 41.2. The summed E-state index contributed by atoms with van der Waals surface area (Å²) in [5, 5.41) is 8.41. The van der Waals surface area contributed by atoms with Crippen molar-refractivity contribution in [1.29, 1.82) is 0 Å². The van der Waals surface area contributed by atoms with Crippen molar-refractivity contribution < 1.29 is 14.3 Å². The predicted octanol–water partition coefficient (Wildman–Crippen LogP) is 4.12. The van der Waals surface area contributed by atoms with Crippen LogP contribution in [0.5, 0.6) is 5.75 Å². The summed E-state index contributed by atoms with van der Waals surface area (Å²) in [7, 11) is 1.28. The first-order valence-corrected chi connectivity index (χ1v) is 11.9. The second kappa shape index (κ2) is 10.6. The van der Waals surface area contributed by atoms with Gasteiger partial charge in [-0.3, -0.25) is 9.59 Å². The van der Waals surface area contributed by atoms with E-state index in [0.29, 0.717) is 0 Å². The molecule has 0 unspecified atom stereocenters. The van der Waals surface area contributed by atoms with Crippen LogP contribution in [-0.2, 0) is 22.4 Å². The molecule has 4 rings (SSSR count). The Morgan fingerprint density at radius 3 is 2.42 bits per heavy atom. The molecule has 1 atom stereocenters. The lowest BCUT2D eigenvalue weighted by atomic mass is 10.0. The van der Waals surface area contributed by atoms with Crippen molar-refractivity contribution in [2.75, 3.05) is 17.7 Å². The number of nitrogens with zero attached hydrogens (tertiary/aromatic N) is 1. The molecule has 0 bridgehead atoms. The Bertz CT molecular complexity index is 1450. The highest BCUT2D eigenvalue weighted by molar-refractivity contribution is 5.93. The number of hydrogen-bond acceptors (Lipinski definition) is 8. The Kier molecular flexibility index (Phi) is 7.33. The van der Waals surface area contributed by atoms with Crippen molar-refractivity contribution in [1.82, 2.24) is 4.98 Å². The van der Waals surface area contributed by atoms with Crippen LogP contribution in [0.1, 0.15) is 32.0 Å². The van der Waals surface area contributed by atoms with Gasteiger partial charge in [0.05, 0.1) is 13.2 Å². The highest BCUT2D eigenvalue weighted by Gasteiger charge is 2.29. The number of aryl methyl sites for hydroxylation is 1. The molecule has 0 aliphatic rings. The molecular formula is C28H29N3O5. The van der Waals surface area contributed by atoms with Crippen molar-refractivity contribution in [3.8, 4) is 5.75 Å². The molecule has 4 aromatic rings. The molecule has 8 heteroatoms. The molecule has 3 aromatic carbocycles. The van der Waals surface area contributed by atoms with E-state index in [4.69, 9.17) is 14.5 Å². The maximum absolute atomic E-state index is 12.4. The molecule has 1 heterocycles. The minimum Gasteiger partial charge on any atom is -0.485 e. The molecule has 186 valence electrons. The zero-order valence-corrected chi connectivity index (χ0v) is 20.8. The quantitative estimate of drug-likeness (QED) is 0.254. The number of benzene rings is 2. The maximum atomic E-state index is 12.4. The van der Waals surface area contributed by atoms with Crippen LogP contribution in [-0.4, -0.2) is 30.2 Å². The van der Waals surface area contributed by atoms with Crippen molar-refractivity contribution in [3.63, 3.8) is 0 Å². The Labute approximate surface area is 209 Å². The SMILES string of the molecule is CCc1cc2ccccc2c(Nc2ccc(C[C@H](Nc3c(OC(C)C)c(=O)c3=O)C(=O)OC)cc2)n1. The monoisotopic (exact) mass is 487 g/mol. The first-order valence-electron chi connectivity index (χ1n) is 11.9. The van der Waals surface area contributed by atoms with E-state index in [1.165, 1.54) is 7.11 Å². The van der Waals surface area contributed by atoms with Crippen molar-refractivity contribution in [3.05, 3.63) is 86.3 Å². The second-order valence-electron chi connectivity index (χ2n) is 8.81. The van der Waals surface area contributed by atoms with Gasteiger partial charge >= 0.3 is 5.97 Å². The number of ether oxygens (including phenoxy) is 2. The van der Waals surface area contributed by atoms with E-state index in [1.54, 1.807) is 13.8 Å². The summed E-state index contributed by atoms with van der Waals surface area (Å²) in [6.45, 7) is 5.58. The van der Waals surface area contributed by atoms with Crippen molar-refractivity contribution >= 4 is 33.9 Å². The molecule has 0 aliphatic heterocycles. The van der Waals surface area contributed by atoms with Crippen molar-refractivity contribution in [2.24, 2.45) is 0 Å². The second-order valence-corrected chi connectivity index (χ2v) is 8.81. The van der Waals surface area contributed by atoms with E-state index in [1.807, 2.05) is 42.5 Å². The van der Waals surface area contributed by atoms with Gasteiger partial charge in [0.1, 0.15) is 17.5 Å². The molecular weight excluding hydrogens is 458 g/mol. The lowest BCUT2D eigenvalue weighted by Crippen LogP contribution is -2.42. The predicted molar refractivity (Wildman–Crippen MR) is 141 cm³/mol. The summed E-state index contributed by atoms with van der Waals surface area (Å²) in [5.74, 6) is 0.190. The van der Waals surface area contributed by atoms with Gasteiger partial charge < -0.3 is 20.1 Å². The third-order valence-corrected chi connectivity index (χ3v) is 5.84.